The summed E-state index contributed by atoms with van der Waals surface area (Å²) < 4.78 is 7.50. The Morgan fingerprint density at radius 3 is 2.94 bits per heavy atom. The topological polar surface area (TPSA) is 43.6 Å². The molecule has 0 radical (unpaired) electrons. The fraction of sp³-hybridized carbons (Fsp3) is 0.143. The summed E-state index contributed by atoms with van der Waals surface area (Å²) in [6, 6.07) is 11.2. The minimum absolute atomic E-state index is 0.243. The SMILES string of the molecule is CCOc1cc2nc(=O)ccn2c2ccccc12. The zero-order chi connectivity index (χ0) is 12.5. The number of hydrogen-bond donors (Lipinski definition) is 0. The van der Waals surface area contributed by atoms with Crippen LogP contribution in [-0.4, -0.2) is 16.0 Å². The fourth-order valence-electron chi connectivity index (χ4n) is 2.09. The van der Waals surface area contributed by atoms with Crippen molar-refractivity contribution in [2.45, 2.75) is 6.92 Å². The summed E-state index contributed by atoms with van der Waals surface area (Å²) in [7, 11) is 0. The fourth-order valence-corrected chi connectivity index (χ4v) is 2.09. The molecule has 0 atom stereocenters. The van der Waals surface area contributed by atoms with Crippen molar-refractivity contribution in [2.75, 3.05) is 6.61 Å². The van der Waals surface area contributed by atoms with Gasteiger partial charge in [0.05, 0.1) is 12.1 Å². The van der Waals surface area contributed by atoms with Gasteiger partial charge < -0.3 is 9.14 Å². The molecular weight excluding hydrogens is 228 g/mol. The van der Waals surface area contributed by atoms with Crippen molar-refractivity contribution in [1.82, 2.24) is 9.38 Å². The van der Waals surface area contributed by atoms with Gasteiger partial charge in [0.1, 0.15) is 11.4 Å². The average Bonchev–Trinajstić information content (AvgIpc) is 2.39. The van der Waals surface area contributed by atoms with Crippen LogP contribution in [0.15, 0.2) is 47.4 Å². The number of para-hydroxylation sites is 1. The maximum absolute atomic E-state index is 11.3. The molecule has 3 rings (SSSR count). The van der Waals surface area contributed by atoms with Gasteiger partial charge in [0, 0.05) is 23.7 Å². The maximum atomic E-state index is 11.3. The third-order valence-electron chi connectivity index (χ3n) is 2.83. The van der Waals surface area contributed by atoms with Crippen molar-refractivity contribution in [2.24, 2.45) is 0 Å². The molecule has 1 aromatic carbocycles. The predicted octanol–water partition coefficient (Wildman–Crippen LogP) is 2.25. The van der Waals surface area contributed by atoms with E-state index in [1.807, 2.05) is 35.6 Å². The number of aromatic nitrogens is 2. The predicted molar refractivity (Wildman–Crippen MR) is 70.1 cm³/mol. The molecule has 0 aliphatic carbocycles. The maximum Gasteiger partial charge on any atom is 0.273 e. The summed E-state index contributed by atoms with van der Waals surface area (Å²) in [6.07, 6.45) is 1.74. The summed E-state index contributed by atoms with van der Waals surface area (Å²) in [6.45, 7) is 2.51. The van der Waals surface area contributed by atoms with Crippen molar-refractivity contribution < 1.29 is 4.74 Å². The Balaban J connectivity index is 2.48. The van der Waals surface area contributed by atoms with Crippen LogP contribution in [-0.2, 0) is 0 Å². The van der Waals surface area contributed by atoms with Crippen LogP contribution in [0, 0.1) is 0 Å². The first-order valence-corrected chi connectivity index (χ1v) is 5.83. The van der Waals surface area contributed by atoms with Crippen LogP contribution in [0.2, 0.25) is 0 Å². The van der Waals surface area contributed by atoms with Crippen molar-refractivity contribution in [1.29, 1.82) is 0 Å². The highest BCUT2D eigenvalue weighted by Gasteiger charge is 2.07. The van der Waals surface area contributed by atoms with Crippen LogP contribution in [0.3, 0.4) is 0 Å². The Labute approximate surface area is 103 Å². The van der Waals surface area contributed by atoms with Crippen LogP contribution in [0.5, 0.6) is 5.75 Å². The monoisotopic (exact) mass is 240 g/mol. The Hall–Kier alpha value is -2.36. The lowest BCUT2D eigenvalue weighted by Gasteiger charge is -2.11. The Morgan fingerprint density at radius 2 is 2.11 bits per heavy atom. The number of nitrogens with zero attached hydrogens (tertiary/aromatic N) is 2. The first kappa shape index (κ1) is 10.8. The second-order valence-corrected chi connectivity index (χ2v) is 3.95. The quantitative estimate of drug-likeness (QED) is 0.645. The molecule has 90 valence electrons. The van der Waals surface area contributed by atoms with Crippen molar-refractivity contribution >= 4 is 16.6 Å². The molecule has 3 aromatic rings. The summed E-state index contributed by atoms with van der Waals surface area (Å²) >= 11 is 0. The molecule has 0 bridgehead atoms. The van der Waals surface area contributed by atoms with Gasteiger partial charge in [-0.3, -0.25) is 4.79 Å². The van der Waals surface area contributed by atoms with E-state index in [9.17, 15) is 4.79 Å². The number of hydrogen-bond acceptors (Lipinski definition) is 3. The molecule has 0 saturated heterocycles. The van der Waals surface area contributed by atoms with E-state index in [0.29, 0.717) is 12.3 Å². The summed E-state index contributed by atoms with van der Waals surface area (Å²) in [5, 5.41) is 1.01. The van der Waals surface area contributed by atoms with Gasteiger partial charge >= 0.3 is 0 Å². The minimum Gasteiger partial charge on any atom is -0.493 e. The molecule has 0 spiro atoms. The Bertz CT molecular complexity index is 777. The van der Waals surface area contributed by atoms with Crippen molar-refractivity contribution in [3.05, 3.63) is 52.9 Å². The molecule has 2 aromatic heterocycles. The second kappa shape index (κ2) is 4.14. The lowest BCUT2D eigenvalue weighted by Crippen LogP contribution is -2.08. The van der Waals surface area contributed by atoms with E-state index >= 15 is 0 Å². The third kappa shape index (κ3) is 1.62. The zero-order valence-corrected chi connectivity index (χ0v) is 9.96. The van der Waals surface area contributed by atoms with Crippen molar-refractivity contribution in [3.63, 3.8) is 0 Å². The van der Waals surface area contributed by atoms with Gasteiger partial charge in [0.2, 0.25) is 0 Å². The molecule has 4 nitrogen and oxygen atoms in total. The van der Waals surface area contributed by atoms with Gasteiger partial charge in [0.15, 0.2) is 0 Å². The molecule has 18 heavy (non-hydrogen) atoms. The van der Waals surface area contributed by atoms with Gasteiger partial charge in [-0.05, 0) is 19.1 Å². The zero-order valence-electron chi connectivity index (χ0n) is 9.96. The summed E-state index contributed by atoms with van der Waals surface area (Å²) in [5.74, 6) is 0.756. The molecule has 2 heterocycles. The highest BCUT2D eigenvalue weighted by molar-refractivity contribution is 5.88. The average molecular weight is 240 g/mol. The van der Waals surface area contributed by atoms with Crippen LogP contribution in [0.1, 0.15) is 6.92 Å². The van der Waals surface area contributed by atoms with Crippen LogP contribution in [0.25, 0.3) is 16.6 Å². The van der Waals surface area contributed by atoms with Crippen LogP contribution >= 0.6 is 0 Å². The molecule has 0 aliphatic heterocycles. The van der Waals surface area contributed by atoms with Gasteiger partial charge in [-0.2, -0.15) is 4.98 Å². The number of benzene rings is 1. The summed E-state index contributed by atoms with van der Waals surface area (Å²) in [4.78, 5) is 15.3. The number of pyridine rings is 1. The first-order chi connectivity index (χ1) is 8.79. The van der Waals surface area contributed by atoms with E-state index in [4.69, 9.17) is 4.74 Å². The third-order valence-corrected chi connectivity index (χ3v) is 2.83. The van der Waals surface area contributed by atoms with Gasteiger partial charge in [-0.25, -0.2) is 0 Å². The van der Waals surface area contributed by atoms with Crippen LogP contribution in [0.4, 0.5) is 0 Å². The molecule has 0 saturated carbocycles. The standard InChI is InChI=1S/C14H12N2O2/c1-2-18-12-9-13-15-14(17)7-8-16(13)11-6-4-3-5-10(11)12/h3-9H,2H2,1H3. The lowest BCUT2D eigenvalue weighted by atomic mass is 10.2. The van der Waals surface area contributed by atoms with E-state index in [2.05, 4.69) is 4.98 Å². The van der Waals surface area contributed by atoms with E-state index in [0.717, 1.165) is 16.7 Å². The minimum atomic E-state index is -0.243. The highest BCUT2D eigenvalue weighted by atomic mass is 16.5. The smallest absolute Gasteiger partial charge is 0.273 e. The lowest BCUT2D eigenvalue weighted by molar-refractivity contribution is 0.344. The van der Waals surface area contributed by atoms with Crippen molar-refractivity contribution in [3.8, 4) is 5.75 Å². The number of fused-ring (bicyclic) bond motifs is 3. The van der Waals surface area contributed by atoms with Gasteiger partial charge in [0.25, 0.3) is 5.56 Å². The largest absolute Gasteiger partial charge is 0.493 e. The normalized spacial score (nSPS) is 10.9. The Kier molecular flexibility index (Phi) is 2.48. The molecule has 0 fully saturated rings. The molecule has 0 amide bonds. The van der Waals surface area contributed by atoms with E-state index in [-0.39, 0.29) is 5.56 Å². The van der Waals surface area contributed by atoms with Gasteiger partial charge in [-0.1, -0.05) is 12.1 Å². The molecule has 0 aliphatic rings. The molecular formula is C14H12N2O2. The van der Waals surface area contributed by atoms with Gasteiger partial charge in [-0.15, -0.1) is 0 Å². The number of rotatable bonds is 2. The van der Waals surface area contributed by atoms with E-state index < -0.39 is 0 Å². The summed E-state index contributed by atoms with van der Waals surface area (Å²) in [5.41, 5.74) is 1.34. The van der Waals surface area contributed by atoms with E-state index in [1.165, 1.54) is 6.07 Å². The molecule has 0 N–H and O–H groups in total. The highest BCUT2D eigenvalue weighted by Crippen LogP contribution is 2.26. The molecule has 4 heteroatoms. The Morgan fingerprint density at radius 1 is 1.28 bits per heavy atom. The first-order valence-electron chi connectivity index (χ1n) is 5.83. The van der Waals surface area contributed by atoms with E-state index in [1.54, 1.807) is 12.3 Å². The second-order valence-electron chi connectivity index (χ2n) is 3.95. The number of ether oxygens (including phenoxy) is 1. The van der Waals surface area contributed by atoms with Crippen LogP contribution < -0.4 is 10.3 Å². The molecule has 0 unspecified atom stereocenters.